The van der Waals surface area contributed by atoms with Crippen LogP contribution in [0.3, 0.4) is 0 Å². The first-order valence-corrected chi connectivity index (χ1v) is 7.79. The summed E-state index contributed by atoms with van der Waals surface area (Å²) >= 11 is 0. The molecule has 0 aromatic rings. The second-order valence-electron chi connectivity index (χ2n) is 7.96. The van der Waals surface area contributed by atoms with Crippen LogP contribution in [-0.2, 0) is 0 Å². The van der Waals surface area contributed by atoms with Crippen LogP contribution in [0.5, 0.6) is 0 Å². The van der Waals surface area contributed by atoms with Gasteiger partial charge >= 0.3 is 0 Å². The molecule has 0 heterocycles. The third-order valence-electron chi connectivity index (χ3n) is 6.54. The Morgan fingerprint density at radius 1 is 1.00 bits per heavy atom. The van der Waals surface area contributed by atoms with Gasteiger partial charge in [0.05, 0.1) is 5.60 Å². The van der Waals surface area contributed by atoms with Crippen molar-refractivity contribution in [2.45, 2.75) is 71.3 Å². The normalized spacial score (nSPS) is 50.4. The van der Waals surface area contributed by atoms with E-state index in [1.54, 1.807) is 0 Å². The highest BCUT2D eigenvalue weighted by molar-refractivity contribution is 5.17. The molecular weight excluding hydrogens is 220 g/mol. The van der Waals surface area contributed by atoms with E-state index in [4.69, 9.17) is 0 Å². The first kappa shape index (κ1) is 12.7. The van der Waals surface area contributed by atoms with E-state index in [1.807, 2.05) is 0 Å². The van der Waals surface area contributed by atoms with Gasteiger partial charge in [0.15, 0.2) is 0 Å². The maximum absolute atomic E-state index is 11.0. The summed E-state index contributed by atoms with van der Waals surface area (Å²) in [6.45, 7) is 7.39. The molecule has 18 heavy (non-hydrogen) atoms. The largest absolute Gasteiger partial charge is 0.385 e. The molecule has 2 saturated carbocycles. The van der Waals surface area contributed by atoms with Crippen LogP contribution in [0.4, 0.5) is 0 Å². The van der Waals surface area contributed by atoms with Gasteiger partial charge < -0.3 is 5.11 Å². The molecule has 2 fully saturated rings. The molecule has 3 rings (SSSR count). The Balaban J connectivity index is 2.00. The molecule has 0 aromatic heterocycles. The van der Waals surface area contributed by atoms with Crippen LogP contribution in [0.1, 0.15) is 65.7 Å². The monoisotopic (exact) mass is 248 g/mol. The molecule has 0 unspecified atom stereocenters. The minimum absolute atomic E-state index is 0.361. The molecule has 0 saturated heterocycles. The van der Waals surface area contributed by atoms with E-state index in [0.717, 1.165) is 18.8 Å². The predicted octanol–water partition coefficient (Wildman–Crippen LogP) is 4.31. The Hall–Kier alpha value is -0.300. The lowest BCUT2D eigenvalue weighted by molar-refractivity contribution is -0.159. The van der Waals surface area contributed by atoms with E-state index in [2.05, 4.69) is 32.9 Å². The minimum Gasteiger partial charge on any atom is -0.385 e. The number of hydrogen-bond donors (Lipinski definition) is 1. The van der Waals surface area contributed by atoms with Crippen LogP contribution < -0.4 is 0 Å². The second kappa shape index (κ2) is 3.85. The molecular formula is C17H28O. The fourth-order valence-electron chi connectivity index (χ4n) is 5.75. The summed E-state index contributed by atoms with van der Waals surface area (Å²) in [5, 5.41) is 11.0. The Kier molecular flexibility index (Phi) is 2.72. The molecule has 0 radical (unpaired) electrons. The number of aliphatic hydroxyl groups is 1. The maximum atomic E-state index is 11.0. The quantitative estimate of drug-likeness (QED) is 0.633. The summed E-state index contributed by atoms with van der Waals surface area (Å²) in [5.74, 6) is 1.30. The van der Waals surface area contributed by atoms with E-state index in [1.165, 1.54) is 32.1 Å². The maximum Gasteiger partial charge on any atom is 0.0861 e. The summed E-state index contributed by atoms with van der Waals surface area (Å²) in [4.78, 5) is 0. The average Bonchev–Trinajstić information content (AvgIpc) is 2.27. The summed E-state index contributed by atoms with van der Waals surface area (Å²) in [6.07, 6.45) is 12.9. The van der Waals surface area contributed by atoms with Crippen molar-refractivity contribution in [3.05, 3.63) is 12.2 Å². The van der Waals surface area contributed by atoms with Crippen LogP contribution in [0.25, 0.3) is 0 Å². The molecule has 0 aliphatic heterocycles. The van der Waals surface area contributed by atoms with Gasteiger partial charge in [0.1, 0.15) is 0 Å². The van der Waals surface area contributed by atoms with Gasteiger partial charge in [-0.1, -0.05) is 39.3 Å². The fraction of sp³-hybridized carbons (Fsp3) is 0.882. The summed E-state index contributed by atoms with van der Waals surface area (Å²) in [6, 6.07) is 0. The number of fused-ring (bicyclic) bond motifs is 3. The van der Waals surface area contributed by atoms with Crippen molar-refractivity contribution in [1.82, 2.24) is 0 Å². The van der Waals surface area contributed by atoms with Crippen LogP contribution in [0.2, 0.25) is 0 Å². The standard InChI is InChI=1S/C17H28O/c1-15(2)9-6-10-16(3)13(15)8-12-17(18)11-5-4-7-14(16)17/h5,11,13-14,18H,4,6-10,12H2,1-3H3/t13-,14+,16-,17-/m0/s1. The van der Waals surface area contributed by atoms with Crippen LogP contribution in [-0.4, -0.2) is 10.7 Å². The zero-order valence-corrected chi connectivity index (χ0v) is 12.2. The third-order valence-corrected chi connectivity index (χ3v) is 6.54. The summed E-state index contributed by atoms with van der Waals surface area (Å²) in [5.41, 5.74) is 0.339. The van der Waals surface area contributed by atoms with Crippen molar-refractivity contribution < 1.29 is 5.11 Å². The van der Waals surface area contributed by atoms with Crippen molar-refractivity contribution in [2.75, 3.05) is 0 Å². The minimum atomic E-state index is -0.489. The summed E-state index contributed by atoms with van der Waals surface area (Å²) < 4.78 is 0. The molecule has 102 valence electrons. The van der Waals surface area contributed by atoms with Crippen molar-refractivity contribution in [1.29, 1.82) is 0 Å². The second-order valence-corrected chi connectivity index (χ2v) is 7.96. The topological polar surface area (TPSA) is 20.2 Å². The van der Waals surface area contributed by atoms with Gasteiger partial charge in [-0.3, -0.25) is 0 Å². The molecule has 1 nitrogen and oxygen atoms in total. The van der Waals surface area contributed by atoms with Gasteiger partial charge in [0.2, 0.25) is 0 Å². The molecule has 0 spiro atoms. The third kappa shape index (κ3) is 1.62. The lowest BCUT2D eigenvalue weighted by Crippen LogP contribution is -2.58. The molecule has 0 amide bonds. The van der Waals surface area contributed by atoms with Gasteiger partial charge in [0.25, 0.3) is 0 Å². The molecule has 0 bridgehead atoms. The van der Waals surface area contributed by atoms with E-state index in [-0.39, 0.29) is 0 Å². The van der Waals surface area contributed by atoms with Crippen molar-refractivity contribution in [2.24, 2.45) is 22.7 Å². The molecule has 4 atom stereocenters. The van der Waals surface area contributed by atoms with Gasteiger partial charge in [0, 0.05) is 0 Å². The highest BCUT2D eigenvalue weighted by Gasteiger charge is 2.58. The van der Waals surface area contributed by atoms with Crippen LogP contribution in [0, 0.1) is 22.7 Å². The molecule has 3 aliphatic rings. The van der Waals surface area contributed by atoms with Gasteiger partial charge in [-0.15, -0.1) is 0 Å². The SMILES string of the molecule is CC1(C)CCC[C@]2(C)[C@H]3CCC=C[C@]3(O)CC[C@@H]12. The summed E-state index contributed by atoms with van der Waals surface area (Å²) in [7, 11) is 0. The highest BCUT2D eigenvalue weighted by atomic mass is 16.3. The molecule has 1 N–H and O–H groups in total. The van der Waals surface area contributed by atoms with Crippen molar-refractivity contribution >= 4 is 0 Å². The first-order valence-electron chi connectivity index (χ1n) is 7.79. The van der Waals surface area contributed by atoms with Crippen molar-refractivity contribution in [3.63, 3.8) is 0 Å². The number of rotatable bonds is 0. The van der Waals surface area contributed by atoms with Gasteiger partial charge in [-0.2, -0.15) is 0 Å². The van der Waals surface area contributed by atoms with E-state index in [0.29, 0.717) is 16.7 Å². The molecule has 3 aliphatic carbocycles. The predicted molar refractivity (Wildman–Crippen MR) is 75.3 cm³/mol. The fourth-order valence-corrected chi connectivity index (χ4v) is 5.75. The van der Waals surface area contributed by atoms with Crippen LogP contribution in [0.15, 0.2) is 12.2 Å². The lowest BCUT2D eigenvalue weighted by atomic mass is 9.44. The number of allylic oxidation sites excluding steroid dienone is 1. The molecule has 1 heteroatoms. The van der Waals surface area contributed by atoms with E-state index in [9.17, 15) is 5.11 Å². The lowest BCUT2D eigenvalue weighted by Gasteiger charge is -2.62. The molecule has 0 aromatic carbocycles. The Bertz CT molecular complexity index is 370. The van der Waals surface area contributed by atoms with E-state index < -0.39 is 5.60 Å². The smallest absolute Gasteiger partial charge is 0.0861 e. The Morgan fingerprint density at radius 2 is 1.78 bits per heavy atom. The van der Waals surface area contributed by atoms with Crippen LogP contribution >= 0.6 is 0 Å². The zero-order chi connectivity index (χ0) is 13.0. The van der Waals surface area contributed by atoms with E-state index >= 15 is 0 Å². The van der Waals surface area contributed by atoms with Crippen molar-refractivity contribution in [3.8, 4) is 0 Å². The first-order chi connectivity index (χ1) is 8.39. The Morgan fingerprint density at radius 3 is 2.56 bits per heavy atom. The Labute approximate surface area is 112 Å². The highest BCUT2D eigenvalue weighted by Crippen LogP contribution is 2.63. The zero-order valence-electron chi connectivity index (χ0n) is 12.2. The van der Waals surface area contributed by atoms with Gasteiger partial charge in [-0.25, -0.2) is 0 Å². The number of hydrogen-bond acceptors (Lipinski definition) is 1. The average molecular weight is 248 g/mol. The van der Waals surface area contributed by atoms with Gasteiger partial charge in [-0.05, 0) is 61.2 Å².